The highest BCUT2D eigenvalue weighted by molar-refractivity contribution is 7.26. The van der Waals surface area contributed by atoms with Crippen LogP contribution in [0.1, 0.15) is 0 Å². The van der Waals surface area contributed by atoms with Gasteiger partial charge in [-0.3, -0.25) is 0 Å². The maximum Gasteiger partial charge on any atom is 0.227 e. The molecule has 244 valence electrons. The van der Waals surface area contributed by atoms with Crippen molar-refractivity contribution in [3.8, 4) is 22.6 Å². The number of aromatic nitrogens is 1. The molecule has 3 heterocycles. The van der Waals surface area contributed by atoms with Gasteiger partial charge in [-0.1, -0.05) is 97.1 Å². The summed E-state index contributed by atoms with van der Waals surface area (Å²) in [6.45, 7) is 0. The fraction of sp³-hybridized carbons (Fsp3) is 0. The maximum absolute atomic E-state index is 6.59. The summed E-state index contributed by atoms with van der Waals surface area (Å²) in [6.07, 6.45) is 0. The minimum atomic E-state index is 0.600. The maximum atomic E-state index is 6.59. The fourth-order valence-corrected chi connectivity index (χ4v) is 8.84. The molecule has 0 saturated heterocycles. The molecule has 0 aliphatic carbocycles. The number of anilines is 3. The van der Waals surface area contributed by atoms with Gasteiger partial charge in [0, 0.05) is 48.6 Å². The largest absolute Gasteiger partial charge is 0.456 e. The van der Waals surface area contributed by atoms with Crippen LogP contribution in [0.4, 0.5) is 17.1 Å². The molecular weight excluding hydrogens is 657 g/mol. The number of furan rings is 1. The molecule has 0 fully saturated rings. The Morgan fingerprint density at radius 3 is 2.13 bits per heavy atom. The van der Waals surface area contributed by atoms with Gasteiger partial charge in [-0.05, 0) is 88.6 Å². The Morgan fingerprint density at radius 1 is 0.481 bits per heavy atom. The minimum absolute atomic E-state index is 0.600. The molecular formula is C47H28N2O2S. The molecule has 0 amide bonds. The number of fused-ring (bicyclic) bond motifs is 9. The molecule has 0 spiro atoms. The molecule has 0 atom stereocenters. The zero-order chi connectivity index (χ0) is 34.2. The van der Waals surface area contributed by atoms with Gasteiger partial charge in [-0.25, -0.2) is 4.98 Å². The Kier molecular flexibility index (Phi) is 6.39. The number of oxazole rings is 1. The Morgan fingerprint density at radius 2 is 1.23 bits per heavy atom. The van der Waals surface area contributed by atoms with Crippen LogP contribution in [0.25, 0.3) is 86.6 Å². The highest BCUT2D eigenvalue weighted by Crippen LogP contribution is 2.46. The summed E-state index contributed by atoms with van der Waals surface area (Å²) in [5.74, 6) is 0.600. The number of rotatable bonds is 5. The molecule has 0 saturated carbocycles. The molecule has 52 heavy (non-hydrogen) atoms. The van der Waals surface area contributed by atoms with E-state index < -0.39 is 0 Å². The lowest BCUT2D eigenvalue weighted by molar-refractivity contribution is 0.622. The highest BCUT2D eigenvalue weighted by atomic mass is 32.1. The van der Waals surface area contributed by atoms with Crippen LogP contribution in [0, 0.1) is 0 Å². The monoisotopic (exact) mass is 684 g/mol. The summed E-state index contributed by atoms with van der Waals surface area (Å²) < 4.78 is 15.5. The van der Waals surface area contributed by atoms with Crippen LogP contribution in [-0.2, 0) is 0 Å². The second-order valence-corrected chi connectivity index (χ2v) is 14.2. The first-order chi connectivity index (χ1) is 25.8. The Hall–Kier alpha value is -6.69. The third-order valence-corrected chi connectivity index (χ3v) is 11.2. The van der Waals surface area contributed by atoms with Gasteiger partial charge in [-0.2, -0.15) is 0 Å². The second-order valence-electron chi connectivity index (χ2n) is 13.1. The van der Waals surface area contributed by atoms with E-state index in [1.807, 2.05) is 53.8 Å². The molecule has 5 heteroatoms. The molecule has 0 aliphatic rings. The normalized spacial score (nSPS) is 11.8. The smallest absolute Gasteiger partial charge is 0.227 e. The summed E-state index contributed by atoms with van der Waals surface area (Å²) in [4.78, 5) is 7.18. The van der Waals surface area contributed by atoms with Crippen molar-refractivity contribution in [2.45, 2.75) is 0 Å². The highest BCUT2D eigenvalue weighted by Gasteiger charge is 2.22. The van der Waals surface area contributed by atoms with Crippen molar-refractivity contribution >= 4 is 92.4 Å². The number of thiophene rings is 1. The average molecular weight is 685 g/mol. The lowest BCUT2D eigenvalue weighted by Crippen LogP contribution is -2.10. The van der Waals surface area contributed by atoms with Gasteiger partial charge in [0.1, 0.15) is 16.7 Å². The van der Waals surface area contributed by atoms with Gasteiger partial charge < -0.3 is 13.7 Å². The van der Waals surface area contributed by atoms with E-state index in [1.165, 1.54) is 42.1 Å². The van der Waals surface area contributed by atoms with Crippen molar-refractivity contribution in [1.29, 1.82) is 0 Å². The fourth-order valence-electron chi connectivity index (χ4n) is 7.71. The SMILES string of the molecule is c1ccc(-c2nc3ccc4oc5cc(N(c6ccc(-c7cccc8ccccc78)cc6)c6cccc7sc8ccccc8c67)ccc5c4c3o2)cc1. The van der Waals surface area contributed by atoms with Gasteiger partial charge in [0.25, 0.3) is 0 Å². The third kappa shape index (κ3) is 4.50. The van der Waals surface area contributed by atoms with Crippen LogP contribution in [-0.4, -0.2) is 4.98 Å². The van der Waals surface area contributed by atoms with E-state index >= 15 is 0 Å². The van der Waals surface area contributed by atoms with E-state index in [2.05, 4.69) is 132 Å². The van der Waals surface area contributed by atoms with Crippen molar-refractivity contribution in [3.63, 3.8) is 0 Å². The average Bonchev–Trinajstić information content (AvgIpc) is 3.92. The lowest BCUT2D eigenvalue weighted by Gasteiger charge is -2.26. The van der Waals surface area contributed by atoms with E-state index in [1.54, 1.807) is 0 Å². The Bertz CT molecular complexity index is 3130. The van der Waals surface area contributed by atoms with E-state index in [4.69, 9.17) is 13.8 Å². The van der Waals surface area contributed by atoms with Crippen molar-refractivity contribution in [1.82, 2.24) is 4.98 Å². The number of benzene rings is 8. The summed E-state index contributed by atoms with van der Waals surface area (Å²) in [7, 11) is 0. The van der Waals surface area contributed by atoms with Crippen molar-refractivity contribution in [3.05, 3.63) is 170 Å². The van der Waals surface area contributed by atoms with E-state index in [0.717, 1.165) is 55.7 Å². The predicted molar refractivity (Wildman–Crippen MR) is 217 cm³/mol. The number of hydrogen-bond acceptors (Lipinski definition) is 5. The summed E-state index contributed by atoms with van der Waals surface area (Å²) in [5.41, 5.74) is 9.63. The van der Waals surface area contributed by atoms with Gasteiger partial charge in [0.05, 0.1) is 11.1 Å². The summed E-state index contributed by atoms with van der Waals surface area (Å²) in [6, 6.07) is 59.8. The molecule has 0 N–H and O–H groups in total. The van der Waals surface area contributed by atoms with Crippen LogP contribution in [0.5, 0.6) is 0 Å². The van der Waals surface area contributed by atoms with Crippen LogP contribution in [0.3, 0.4) is 0 Å². The van der Waals surface area contributed by atoms with Crippen LogP contribution in [0.2, 0.25) is 0 Å². The zero-order valence-electron chi connectivity index (χ0n) is 27.8. The first kappa shape index (κ1) is 29.1. The first-order valence-electron chi connectivity index (χ1n) is 17.4. The van der Waals surface area contributed by atoms with Gasteiger partial charge in [0.15, 0.2) is 5.58 Å². The van der Waals surface area contributed by atoms with E-state index in [-0.39, 0.29) is 0 Å². The molecule has 0 bridgehead atoms. The lowest BCUT2D eigenvalue weighted by atomic mass is 9.98. The molecule has 4 nitrogen and oxygen atoms in total. The van der Waals surface area contributed by atoms with E-state index in [9.17, 15) is 0 Å². The molecule has 0 radical (unpaired) electrons. The summed E-state index contributed by atoms with van der Waals surface area (Å²) >= 11 is 1.83. The topological polar surface area (TPSA) is 42.4 Å². The van der Waals surface area contributed by atoms with Gasteiger partial charge >= 0.3 is 0 Å². The van der Waals surface area contributed by atoms with Gasteiger partial charge in [-0.15, -0.1) is 11.3 Å². The molecule has 0 unspecified atom stereocenters. The minimum Gasteiger partial charge on any atom is -0.456 e. The predicted octanol–water partition coefficient (Wildman–Crippen LogP) is 14.1. The quantitative estimate of drug-likeness (QED) is 0.181. The van der Waals surface area contributed by atoms with Crippen molar-refractivity contribution in [2.24, 2.45) is 0 Å². The molecule has 3 aromatic heterocycles. The number of hydrogen-bond donors (Lipinski definition) is 0. The van der Waals surface area contributed by atoms with Crippen molar-refractivity contribution in [2.75, 3.05) is 4.90 Å². The van der Waals surface area contributed by atoms with Crippen LogP contribution < -0.4 is 4.90 Å². The first-order valence-corrected chi connectivity index (χ1v) is 18.2. The van der Waals surface area contributed by atoms with Crippen LogP contribution in [0.15, 0.2) is 179 Å². The second kappa shape index (κ2) is 11.4. The standard InChI is InChI=1S/C47H28N2O2S/c1-2-11-31(12-3-1)47-48-38-26-27-40-45(46(38)51-47)36-25-24-33(28-41(36)50-40)49(39-17-9-19-43-44(39)37-15-6-7-18-42(37)52-43)32-22-20-30(21-23-32)35-16-8-13-29-10-4-5-14-34(29)35/h1-28H. The Balaban J connectivity index is 1.10. The molecule has 8 aromatic carbocycles. The van der Waals surface area contributed by atoms with Crippen molar-refractivity contribution < 1.29 is 8.83 Å². The molecule has 11 rings (SSSR count). The van der Waals surface area contributed by atoms with E-state index in [0.29, 0.717) is 5.89 Å². The van der Waals surface area contributed by atoms with Gasteiger partial charge in [0.2, 0.25) is 5.89 Å². The molecule has 0 aliphatic heterocycles. The third-order valence-electron chi connectivity index (χ3n) is 10.1. The Labute approximate surface area is 302 Å². The zero-order valence-corrected chi connectivity index (χ0v) is 28.6. The molecule has 11 aromatic rings. The van der Waals surface area contributed by atoms with Crippen LogP contribution >= 0.6 is 11.3 Å². The summed E-state index contributed by atoms with van der Waals surface area (Å²) in [5, 5.41) is 6.90. The number of nitrogens with zero attached hydrogens (tertiary/aromatic N) is 2.